The first kappa shape index (κ1) is 18.1. The molecule has 3 rings (SSSR count). The van der Waals surface area contributed by atoms with E-state index in [9.17, 15) is 4.79 Å². The van der Waals surface area contributed by atoms with Crippen LogP contribution in [0.4, 0.5) is 5.82 Å². The van der Waals surface area contributed by atoms with Gasteiger partial charge in [-0.25, -0.2) is 0 Å². The number of hydrogen-bond acceptors (Lipinski definition) is 6. The van der Waals surface area contributed by atoms with E-state index in [0.717, 1.165) is 39.3 Å². The summed E-state index contributed by atoms with van der Waals surface area (Å²) in [6.07, 6.45) is 0.446. The van der Waals surface area contributed by atoms with E-state index in [4.69, 9.17) is 9.78 Å². The molecule has 2 aromatic rings. The van der Waals surface area contributed by atoms with Crippen molar-refractivity contribution in [3.8, 4) is 6.07 Å². The molecule has 1 aromatic heterocycles. The molecule has 2 heterocycles. The van der Waals surface area contributed by atoms with Crippen LogP contribution in [-0.4, -0.2) is 53.6 Å². The average Bonchev–Trinajstić information content (AvgIpc) is 3.06. The van der Waals surface area contributed by atoms with Crippen molar-refractivity contribution in [2.45, 2.75) is 19.9 Å². The third kappa shape index (κ3) is 5.15. The summed E-state index contributed by atoms with van der Waals surface area (Å²) in [7, 11) is 0. The summed E-state index contributed by atoms with van der Waals surface area (Å²) >= 11 is 0. The Morgan fingerprint density at radius 2 is 1.92 bits per heavy atom. The Bertz CT molecular complexity index is 770. The normalized spacial score (nSPS) is 15.5. The van der Waals surface area contributed by atoms with Gasteiger partial charge in [-0.1, -0.05) is 17.3 Å². The quantitative estimate of drug-likeness (QED) is 0.855. The summed E-state index contributed by atoms with van der Waals surface area (Å²) in [6.45, 7) is 7.28. The Kier molecular flexibility index (Phi) is 6.00. The van der Waals surface area contributed by atoms with Crippen molar-refractivity contribution in [2.24, 2.45) is 0 Å². The molecule has 7 nitrogen and oxygen atoms in total. The van der Waals surface area contributed by atoms with E-state index in [2.05, 4.69) is 26.3 Å². The van der Waals surface area contributed by atoms with Gasteiger partial charge in [0.15, 0.2) is 5.82 Å². The monoisotopic (exact) mass is 353 g/mol. The van der Waals surface area contributed by atoms with Crippen LogP contribution in [0.3, 0.4) is 0 Å². The largest absolute Gasteiger partial charge is 0.360 e. The fraction of sp³-hybridized carbons (Fsp3) is 0.421. The predicted molar refractivity (Wildman–Crippen MR) is 97.4 cm³/mol. The molecule has 0 aliphatic carbocycles. The standard InChI is InChI=1S/C19H23N5O2/c1-15-12-18(22-26-15)21-19(25)6-7-23-8-10-24(11-9-23)14-17-4-2-16(13-20)3-5-17/h2-5,12H,6-11,14H2,1H3,(H,21,22,25). The number of carbonyl (C=O) groups is 1. The van der Waals surface area contributed by atoms with Gasteiger partial charge in [0, 0.05) is 51.8 Å². The van der Waals surface area contributed by atoms with Crippen LogP contribution < -0.4 is 5.32 Å². The molecule has 1 aromatic carbocycles. The molecule has 1 saturated heterocycles. The number of rotatable bonds is 6. The predicted octanol–water partition coefficient (Wildman–Crippen LogP) is 2.00. The number of aromatic nitrogens is 1. The molecule has 1 aliphatic rings. The highest BCUT2D eigenvalue weighted by Gasteiger charge is 2.18. The van der Waals surface area contributed by atoms with Crippen molar-refractivity contribution in [2.75, 3.05) is 38.0 Å². The lowest BCUT2D eigenvalue weighted by molar-refractivity contribution is -0.116. The summed E-state index contributed by atoms with van der Waals surface area (Å²) in [5.41, 5.74) is 1.91. The van der Waals surface area contributed by atoms with Crippen LogP contribution >= 0.6 is 0 Å². The number of nitrogens with one attached hydrogen (secondary N) is 1. The number of amides is 1. The lowest BCUT2D eigenvalue weighted by Gasteiger charge is -2.34. The molecule has 1 N–H and O–H groups in total. The van der Waals surface area contributed by atoms with Crippen LogP contribution in [-0.2, 0) is 11.3 Å². The molecular weight excluding hydrogens is 330 g/mol. The molecule has 0 atom stereocenters. The minimum atomic E-state index is -0.0432. The molecule has 136 valence electrons. The van der Waals surface area contributed by atoms with Gasteiger partial charge in [0.25, 0.3) is 0 Å². The number of aryl methyl sites for hydroxylation is 1. The maximum Gasteiger partial charge on any atom is 0.226 e. The van der Waals surface area contributed by atoms with Crippen molar-refractivity contribution in [1.82, 2.24) is 15.0 Å². The first-order valence-corrected chi connectivity index (χ1v) is 8.79. The first-order valence-electron chi connectivity index (χ1n) is 8.79. The molecule has 26 heavy (non-hydrogen) atoms. The maximum absolute atomic E-state index is 12.0. The lowest BCUT2D eigenvalue weighted by atomic mass is 10.1. The summed E-state index contributed by atoms with van der Waals surface area (Å²) in [6, 6.07) is 11.6. The van der Waals surface area contributed by atoms with Crippen molar-refractivity contribution >= 4 is 11.7 Å². The van der Waals surface area contributed by atoms with Gasteiger partial charge < -0.3 is 14.7 Å². The molecule has 0 radical (unpaired) electrons. The van der Waals surface area contributed by atoms with Gasteiger partial charge in [0.1, 0.15) is 5.76 Å². The zero-order chi connectivity index (χ0) is 18.4. The molecule has 0 bridgehead atoms. The van der Waals surface area contributed by atoms with E-state index in [1.807, 2.05) is 24.3 Å². The lowest BCUT2D eigenvalue weighted by Crippen LogP contribution is -2.46. The number of benzene rings is 1. The Morgan fingerprint density at radius 1 is 1.23 bits per heavy atom. The van der Waals surface area contributed by atoms with Crippen LogP contribution in [0.25, 0.3) is 0 Å². The molecule has 1 fully saturated rings. The second kappa shape index (κ2) is 8.61. The van der Waals surface area contributed by atoms with Gasteiger partial charge in [-0.2, -0.15) is 5.26 Å². The van der Waals surface area contributed by atoms with Gasteiger partial charge in [-0.05, 0) is 24.6 Å². The van der Waals surface area contributed by atoms with Crippen LogP contribution in [0.1, 0.15) is 23.3 Å². The van der Waals surface area contributed by atoms with Crippen LogP contribution in [0, 0.1) is 18.3 Å². The Balaban J connectivity index is 1.36. The molecule has 1 aliphatic heterocycles. The van der Waals surface area contributed by atoms with Crippen molar-refractivity contribution in [1.29, 1.82) is 5.26 Å². The molecule has 0 unspecified atom stereocenters. The van der Waals surface area contributed by atoms with Gasteiger partial charge in [-0.3, -0.25) is 9.69 Å². The molecular formula is C19H23N5O2. The van der Waals surface area contributed by atoms with E-state index in [1.54, 1.807) is 13.0 Å². The Labute approximate surface area is 153 Å². The van der Waals surface area contributed by atoms with Gasteiger partial charge in [-0.15, -0.1) is 0 Å². The van der Waals surface area contributed by atoms with Gasteiger partial charge in [0.2, 0.25) is 5.91 Å². The van der Waals surface area contributed by atoms with Crippen LogP contribution in [0.15, 0.2) is 34.9 Å². The summed E-state index contributed by atoms with van der Waals surface area (Å²) in [4.78, 5) is 16.7. The molecule has 7 heteroatoms. The molecule has 1 amide bonds. The maximum atomic E-state index is 12.0. The second-order valence-corrected chi connectivity index (χ2v) is 6.55. The fourth-order valence-corrected chi connectivity index (χ4v) is 3.00. The number of anilines is 1. The highest BCUT2D eigenvalue weighted by Crippen LogP contribution is 2.11. The van der Waals surface area contributed by atoms with Gasteiger partial charge >= 0.3 is 0 Å². The Morgan fingerprint density at radius 3 is 2.54 bits per heavy atom. The first-order chi connectivity index (χ1) is 12.6. The zero-order valence-corrected chi connectivity index (χ0v) is 14.9. The third-order valence-corrected chi connectivity index (χ3v) is 4.50. The number of hydrogen-bond donors (Lipinski definition) is 1. The topological polar surface area (TPSA) is 85.4 Å². The summed E-state index contributed by atoms with van der Waals surface area (Å²) in [5, 5.41) is 15.4. The Hall–Kier alpha value is -2.69. The van der Waals surface area contributed by atoms with Crippen LogP contribution in [0.5, 0.6) is 0 Å². The SMILES string of the molecule is Cc1cc(NC(=O)CCN2CCN(Cc3ccc(C#N)cc3)CC2)no1. The van der Waals surface area contributed by atoms with E-state index >= 15 is 0 Å². The fourth-order valence-electron chi connectivity index (χ4n) is 3.00. The number of piperazine rings is 1. The van der Waals surface area contributed by atoms with Crippen molar-refractivity contribution < 1.29 is 9.32 Å². The number of nitrogens with zero attached hydrogens (tertiary/aromatic N) is 4. The van der Waals surface area contributed by atoms with E-state index in [-0.39, 0.29) is 5.91 Å². The van der Waals surface area contributed by atoms with E-state index in [1.165, 1.54) is 5.56 Å². The average molecular weight is 353 g/mol. The minimum absolute atomic E-state index is 0.0432. The van der Waals surface area contributed by atoms with Crippen molar-refractivity contribution in [3.05, 3.63) is 47.2 Å². The second-order valence-electron chi connectivity index (χ2n) is 6.55. The zero-order valence-electron chi connectivity index (χ0n) is 14.9. The van der Waals surface area contributed by atoms with Crippen molar-refractivity contribution in [3.63, 3.8) is 0 Å². The molecule has 0 saturated carbocycles. The minimum Gasteiger partial charge on any atom is -0.360 e. The summed E-state index contributed by atoms with van der Waals surface area (Å²) < 4.78 is 4.94. The highest BCUT2D eigenvalue weighted by atomic mass is 16.5. The van der Waals surface area contributed by atoms with E-state index < -0.39 is 0 Å². The third-order valence-electron chi connectivity index (χ3n) is 4.50. The van der Waals surface area contributed by atoms with E-state index in [0.29, 0.717) is 23.6 Å². The van der Waals surface area contributed by atoms with Crippen LogP contribution in [0.2, 0.25) is 0 Å². The highest BCUT2D eigenvalue weighted by molar-refractivity contribution is 5.89. The molecule has 0 spiro atoms. The summed E-state index contributed by atoms with van der Waals surface area (Å²) in [5.74, 6) is 1.11. The number of nitriles is 1. The van der Waals surface area contributed by atoms with Gasteiger partial charge in [0.05, 0.1) is 11.6 Å². The smallest absolute Gasteiger partial charge is 0.226 e. The number of carbonyl (C=O) groups excluding carboxylic acids is 1.